The van der Waals surface area contributed by atoms with Gasteiger partial charge in [-0.15, -0.1) is 0 Å². The minimum atomic E-state index is -0.216. The third-order valence-corrected chi connectivity index (χ3v) is 4.53. The van der Waals surface area contributed by atoms with Gasteiger partial charge in [0.15, 0.2) is 11.7 Å². The Kier molecular flexibility index (Phi) is 4.91. The number of benzene rings is 2. The van der Waals surface area contributed by atoms with Crippen LogP contribution in [0.4, 0.5) is 5.13 Å². The Morgan fingerprint density at radius 3 is 2.50 bits per heavy atom. The number of aryl methyl sites for hydroxylation is 2. The van der Waals surface area contributed by atoms with Gasteiger partial charge in [-0.25, -0.2) is 4.98 Å². The number of rotatable bonds is 5. The highest BCUT2D eigenvalue weighted by atomic mass is 32.1. The van der Waals surface area contributed by atoms with Crippen molar-refractivity contribution >= 4 is 22.4 Å². The fourth-order valence-electron chi connectivity index (χ4n) is 2.39. The summed E-state index contributed by atoms with van der Waals surface area (Å²) in [4.78, 5) is 17.4. The molecule has 4 nitrogen and oxygen atoms in total. The van der Waals surface area contributed by atoms with Gasteiger partial charge in [0.2, 0.25) is 0 Å². The van der Waals surface area contributed by atoms with E-state index >= 15 is 0 Å². The number of thiazole rings is 1. The first-order valence-electron chi connectivity index (χ1n) is 7.63. The summed E-state index contributed by atoms with van der Waals surface area (Å²) in [7, 11) is 0. The van der Waals surface area contributed by atoms with Crippen LogP contribution in [0.2, 0.25) is 0 Å². The van der Waals surface area contributed by atoms with E-state index in [1.54, 1.807) is 6.20 Å². The maximum absolute atomic E-state index is 12.1. The fraction of sp³-hybridized carbons (Fsp3) is 0.158. The molecular formula is C19H18N2O2S. The molecule has 1 aromatic heterocycles. The molecule has 0 atom stereocenters. The van der Waals surface area contributed by atoms with Gasteiger partial charge in [-0.3, -0.25) is 10.1 Å². The molecular weight excluding hydrogens is 320 g/mol. The Labute approximate surface area is 145 Å². The van der Waals surface area contributed by atoms with Crippen molar-refractivity contribution in [1.29, 1.82) is 0 Å². The Bertz CT molecular complexity index is 823. The monoisotopic (exact) mass is 338 g/mol. The van der Waals surface area contributed by atoms with Gasteiger partial charge in [0.1, 0.15) is 5.75 Å². The van der Waals surface area contributed by atoms with E-state index in [1.165, 1.54) is 11.3 Å². The lowest BCUT2D eigenvalue weighted by atomic mass is 10.1. The van der Waals surface area contributed by atoms with Gasteiger partial charge in [-0.2, -0.15) is 0 Å². The SMILES string of the molecule is Cc1cccc(C)c1OCC(=O)Nc1ncc(-c2ccccc2)s1. The Morgan fingerprint density at radius 1 is 1.08 bits per heavy atom. The third-order valence-electron chi connectivity index (χ3n) is 3.57. The van der Waals surface area contributed by atoms with Crippen LogP contribution in [-0.2, 0) is 4.79 Å². The molecule has 0 aliphatic carbocycles. The number of ether oxygens (including phenoxy) is 1. The normalized spacial score (nSPS) is 10.4. The standard InChI is InChI=1S/C19H18N2O2S/c1-13-7-6-8-14(2)18(13)23-12-17(22)21-19-20-11-16(24-19)15-9-4-3-5-10-15/h3-11H,12H2,1-2H3,(H,20,21,22). The van der Waals surface area contributed by atoms with E-state index in [1.807, 2.05) is 62.4 Å². The number of aromatic nitrogens is 1. The van der Waals surface area contributed by atoms with Crippen LogP contribution in [0.3, 0.4) is 0 Å². The first-order valence-corrected chi connectivity index (χ1v) is 8.45. The summed E-state index contributed by atoms with van der Waals surface area (Å²) >= 11 is 1.44. The molecule has 1 heterocycles. The molecule has 5 heteroatoms. The van der Waals surface area contributed by atoms with Crippen LogP contribution < -0.4 is 10.1 Å². The highest BCUT2D eigenvalue weighted by Gasteiger charge is 2.10. The van der Waals surface area contributed by atoms with Crippen molar-refractivity contribution in [2.24, 2.45) is 0 Å². The molecule has 0 aliphatic rings. The fourth-order valence-corrected chi connectivity index (χ4v) is 3.23. The second kappa shape index (κ2) is 7.27. The van der Waals surface area contributed by atoms with Crippen molar-refractivity contribution in [1.82, 2.24) is 4.98 Å². The summed E-state index contributed by atoms with van der Waals surface area (Å²) in [6, 6.07) is 15.9. The summed E-state index contributed by atoms with van der Waals surface area (Å²) in [6.07, 6.45) is 1.77. The number of para-hydroxylation sites is 1. The summed E-state index contributed by atoms with van der Waals surface area (Å²) in [6.45, 7) is 3.90. The lowest BCUT2D eigenvalue weighted by Gasteiger charge is -2.11. The first-order chi connectivity index (χ1) is 11.6. The molecule has 0 bridgehead atoms. The van der Waals surface area contributed by atoms with Crippen molar-refractivity contribution < 1.29 is 9.53 Å². The highest BCUT2D eigenvalue weighted by molar-refractivity contribution is 7.19. The Balaban J connectivity index is 1.61. The minimum absolute atomic E-state index is 0.0358. The lowest BCUT2D eigenvalue weighted by molar-refractivity contribution is -0.118. The van der Waals surface area contributed by atoms with Crippen LogP contribution >= 0.6 is 11.3 Å². The average molecular weight is 338 g/mol. The molecule has 122 valence electrons. The summed E-state index contributed by atoms with van der Waals surface area (Å²) in [5, 5.41) is 3.36. The van der Waals surface area contributed by atoms with Gasteiger partial charge in [-0.1, -0.05) is 59.9 Å². The number of nitrogens with zero attached hydrogens (tertiary/aromatic N) is 1. The third kappa shape index (κ3) is 3.81. The Morgan fingerprint density at radius 2 is 1.79 bits per heavy atom. The molecule has 0 aliphatic heterocycles. The van der Waals surface area contributed by atoms with E-state index in [0.29, 0.717) is 5.13 Å². The summed E-state index contributed by atoms with van der Waals surface area (Å²) in [5.74, 6) is 0.545. The molecule has 3 aromatic rings. The largest absolute Gasteiger partial charge is 0.483 e. The molecule has 0 spiro atoms. The van der Waals surface area contributed by atoms with E-state index in [9.17, 15) is 4.79 Å². The number of anilines is 1. The topological polar surface area (TPSA) is 51.2 Å². The summed E-state index contributed by atoms with van der Waals surface area (Å²) < 4.78 is 5.66. The van der Waals surface area contributed by atoms with Gasteiger partial charge < -0.3 is 4.74 Å². The van der Waals surface area contributed by atoms with Crippen LogP contribution in [0, 0.1) is 13.8 Å². The van der Waals surface area contributed by atoms with Gasteiger partial charge in [0, 0.05) is 6.20 Å². The second-order valence-electron chi connectivity index (χ2n) is 5.45. The predicted molar refractivity (Wildman–Crippen MR) is 97.6 cm³/mol. The minimum Gasteiger partial charge on any atom is -0.483 e. The van der Waals surface area contributed by atoms with Crippen LogP contribution in [0.25, 0.3) is 10.4 Å². The molecule has 3 rings (SSSR count). The molecule has 0 saturated carbocycles. The quantitative estimate of drug-likeness (QED) is 0.748. The van der Waals surface area contributed by atoms with Crippen molar-refractivity contribution in [3.8, 4) is 16.2 Å². The van der Waals surface area contributed by atoms with Crippen molar-refractivity contribution in [2.45, 2.75) is 13.8 Å². The zero-order chi connectivity index (χ0) is 16.9. The number of hydrogen-bond donors (Lipinski definition) is 1. The molecule has 0 unspecified atom stereocenters. The highest BCUT2D eigenvalue weighted by Crippen LogP contribution is 2.28. The zero-order valence-corrected chi connectivity index (χ0v) is 14.4. The molecule has 1 amide bonds. The van der Waals surface area contributed by atoms with Crippen molar-refractivity contribution in [3.63, 3.8) is 0 Å². The molecule has 1 N–H and O–H groups in total. The van der Waals surface area contributed by atoms with Gasteiger partial charge in [0.25, 0.3) is 5.91 Å². The van der Waals surface area contributed by atoms with E-state index in [0.717, 1.165) is 27.3 Å². The Hall–Kier alpha value is -2.66. The number of carbonyl (C=O) groups excluding carboxylic acids is 1. The molecule has 0 saturated heterocycles. The first kappa shape index (κ1) is 16.2. The van der Waals surface area contributed by atoms with E-state index in [4.69, 9.17) is 4.74 Å². The van der Waals surface area contributed by atoms with Gasteiger partial charge >= 0.3 is 0 Å². The van der Waals surface area contributed by atoms with Crippen molar-refractivity contribution in [3.05, 3.63) is 65.9 Å². The predicted octanol–water partition coefficient (Wildman–Crippen LogP) is 4.44. The molecule has 2 aromatic carbocycles. The van der Waals surface area contributed by atoms with Crippen LogP contribution in [-0.4, -0.2) is 17.5 Å². The smallest absolute Gasteiger partial charge is 0.264 e. The maximum atomic E-state index is 12.1. The van der Waals surface area contributed by atoms with Crippen LogP contribution in [0.15, 0.2) is 54.7 Å². The zero-order valence-electron chi connectivity index (χ0n) is 13.6. The molecule has 0 fully saturated rings. The van der Waals surface area contributed by atoms with E-state index < -0.39 is 0 Å². The average Bonchev–Trinajstić information content (AvgIpc) is 3.03. The molecule has 24 heavy (non-hydrogen) atoms. The van der Waals surface area contributed by atoms with Gasteiger partial charge in [-0.05, 0) is 30.5 Å². The number of carbonyl (C=O) groups is 1. The molecule has 0 radical (unpaired) electrons. The van der Waals surface area contributed by atoms with E-state index in [-0.39, 0.29) is 12.5 Å². The van der Waals surface area contributed by atoms with Crippen molar-refractivity contribution in [2.75, 3.05) is 11.9 Å². The number of nitrogens with one attached hydrogen (secondary N) is 1. The maximum Gasteiger partial charge on any atom is 0.264 e. The van der Waals surface area contributed by atoms with Crippen LogP contribution in [0.1, 0.15) is 11.1 Å². The summed E-state index contributed by atoms with van der Waals surface area (Å²) in [5.41, 5.74) is 3.12. The number of hydrogen-bond acceptors (Lipinski definition) is 4. The lowest BCUT2D eigenvalue weighted by Crippen LogP contribution is -2.20. The van der Waals surface area contributed by atoms with Crippen LogP contribution in [0.5, 0.6) is 5.75 Å². The van der Waals surface area contributed by atoms with E-state index in [2.05, 4.69) is 10.3 Å². The second-order valence-corrected chi connectivity index (χ2v) is 6.48. The van der Waals surface area contributed by atoms with Gasteiger partial charge in [0.05, 0.1) is 4.88 Å². The number of amides is 1.